The van der Waals surface area contributed by atoms with E-state index in [1.807, 2.05) is 6.92 Å². The van der Waals surface area contributed by atoms with Crippen molar-refractivity contribution < 1.29 is 27.6 Å². The highest BCUT2D eigenvalue weighted by Crippen LogP contribution is 2.37. The summed E-state index contributed by atoms with van der Waals surface area (Å²) in [4.78, 5) is 31.2. The van der Waals surface area contributed by atoms with Crippen LogP contribution in [0.1, 0.15) is 43.0 Å². The van der Waals surface area contributed by atoms with Gasteiger partial charge in [-0.2, -0.15) is 13.5 Å². The summed E-state index contributed by atoms with van der Waals surface area (Å²) < 4.78 is 29.9. The van der Waals surface area contributed by atoms with E-state index < -0.39 is 22.2 Å². The average Bonchev–Trinajstić information content (AvgIpc) is 3.48. The Morgan fingerprint density at radius 1 is 1.12 bits per heavy atom. The largest absolute Gasteiger partial charge is 0.403 e. The lowest BCUT2D eigenvalue weighted by atomic mass is 9.94. The third kappa shape index (κ3) is 3.35. The van der Waals surface area contributed by atoms with Gasteiger partial charge in [-0.05, 0) is 36.6 Å². The average molecular weight is 463 g/mol. The molecule has 0 fully saturated rings. The van der Waals surface area contributed by atoms with Crippen LogP contribution in [0.4, 0.5) is 0 Å². The normalized spacial score (nSPS) is 16.0. The van der Waals surface area contributed by atoms with Crippen molar-refractivity contribution >= 4 is 32.8 Å². The van der Waals surface area contributed by atoms with Crippen molar-refractivity contribution in [2.45, 2.75) is 13.3 Å². The fraction of sp³-hybridized carbons (Fsp3) is 0.174. The highest BCUT2D eigenvalue weighted by molar-refractivity contribution is 7.72. The predicted molar refractivity (Wildman–Crippen MR) is 118 cm³/mol. The van der Waals surface area contributed by atoms with Crippen LogP contribution < -0.4 is 4.74 Å². The van der Waals surface area contributed by atoms with Gasteiger partial charge in [-0.1, -0.05) is 35.5 Å². The number of hydrogen-bond donors (Lipinski definition) is 0. The Morgan fingerprint density at radius 3 is 2.61 bits per heavy atom. The number of rotatable bonds is 4. The lowest BCUT2D eigenvalue weighted by Crippen LogP contribution is -2.16. The lowest BCUT2D eigenvalue weighted by molar-refractivity contribution is 0.0718. The zero-order valence-electron chi connectivity index (χ0n) is 17.6. The molecule has 0 saturated heterocycles. The number of aromatic nitrogens is 2. The number of esters is 1. The molecule has 0 N–H and O–H groups in total. The van der Waals surface area contributed by atoms with Gasteiger partial charge in [-0.15, -0.1) is 0 Å². The number of carbonyl (C=O) groups is 2. The third-order valence-corrected chi connectivity index (χ3v) is 6.46. The maximum Gasteiger partial charge on any atom is 0.344 e. The number of ether oxygens (including phenoxy) is 1. The van der Waals surface area contributed by atoms with Crippen LogP contribution >= 0.6 is 0 Å². The van der Waals surface area contributed by atoms with Gasteiger partial charge < -0.3 is 9.57 Å². The molecule has 33 heavy (non-hydrogen) atoms. The Morgan fingerprint density at radius 2 is 1.88 bits per heavy atom. The van der Waals surface area contributed by atoms with Gasteiger partial charge >= 0.3 is 5.97 Å². The fourth-order valence-corrected chi connectivity index (χ4v) is 4.72. The van der Waals surface area contributed by atoms with Crippen LogP contribution in [0.3, 0.4) is 0 Å². The van der Waals surface area contributed by atoms with E-state index >= 15 is 0 Å². The number of benzene rings is 2. The number of fused-ring (bicyclic) bond motifs is 3. The van der Waals surface area contributed by atoms with Crippen LogP contribution in [0.5, 0.6) is 5.88 Å². The molecule has 1 aliphatic carbocycles. The fourth-order valence-electron chi connectivity index (χ4n) is 4.20. The molecule has 0 saturated carbocycles. The molecule has 1 aromatic heterocycles. The molecule has 0 bridgehead atoms. The second-order valence-electron chi connectivity index (χ2n) is 7.73. The van der Waals surface area contributed by atoms with Crippen molar-refractivity contribution in [2.75, 3.05) is 0 Å². The first kappa shape index (κ1) is 20.8. The van der Waals surface area contributed by atoms with Crippen LogP contribution in [0.15, 0.2) is 53.8 Å². The summed E-state index contributed by atoms with van der Waals surface area (Å²) in [6.45, 7) is 1.86. The summed E-state index contributed by atoms with van der Waals surface area (Å²) in [5, 5.41) is 7.91. The second-order valence-corrected chi connectivity index (χ2v) is 8.61. The van der Waals surface area contributed by atoms with Crippen molar-refractivity contribution in [1.82, 2.24) is 9.78 Å². The lowest BCUT2D eigenvalue weighted by Gasteiger charge is -2.11. The summed E-state index contributed by atoms with van der Waals surface area (Å²) in [5.74, 6) is -1.53. The first-order valence-corrected chi connectivity index (χ1v) is 11.1. The van der Waals surface area contributed by atoms with Crippen LogP contribution in [0.25, 0.3) is 0 Å². The van der Waals surface area contributed by atoms with E-state index in [0.717, 1.165) is 5.56 Å². The minimum absolute atomic E-state index is 0.0231. The topological polar surface area (TPSA) is 117 Å². The van der Waals surface area contributed by atoms with Crippen molar-refractivity contribution in [1.29, 1.82) is 0 Å². The smallest absolute Gasteiger partial charge is 0.344 e. The predicted octanol–water partition coefficient (Wildman–Crippen LogP) is 2.09. The molecule has 1 unspecified atom stereocenters. The maximum atomic E-state index is 13.6. The number of ketones is 1. The molecule has 1 aliphatic heterocycles. The highest BCUT2D eigenvalue weighted by Gasteiger charge is 2.42. The molecule has 10 heteroatoms. The van der Waals surface area contributed by atoms with Gasteiger partial charge in [0.1, 0.15) is 11.3 Å². The molecule has 1 atom stereocenters. The molecule has 166 valence electrons. The Balaban J connectivity index is 1.54. The van der Waals surface area contributed by atoms with Crippen molar-refractivity contribution in [3.63, 3.8) is 0 Å². The first-order valence-electron chi connectivity index (χ1n) is 10.0. The van der Waals surface area contributed by atoms with E-state index in [4.69, 9.17) is 9.57 Å². The van der Waals surface area contributed by atoms with E-state index in [-0.39, 0.29) is 28.7 Å². The van der Waals surface area contributed by atoms with E-state index in [2.05, 4.69) is 10.3 Å². The molecule has 0 spiro atoms. The number of oxime groups is 1. The molecule has 3 aromatic rings. The van der Waals surface area contributed by atoms with E-state index in [0.29, 0.717) is 28.0 Å². The van der Waals surface area contributed by atoms with Gasteiger partial charge in [0.05, 0.1) is 17.7 Å². The first-order chi connectivity index (χ1) is 15.9. The molecule has 2 heterocycles. The standard InChI is InChI=1S/C23H17N3O6S/c1-12-8-9-14(15-10-16-19(18(12)15)25-32-23(16)33(29)30)20(27)17-11-24-26(2)21(17)31-22(28)13-6-4-3-5-7-13/h3-9,11,16H,10H2,1-2H3. The monoisotopic (exact) mass is 463 g/mol. The van der Waals surface area contributed by atoms with Gasteiger partial charge in [-0.3, -0.25) is 4.79 Å². The summed E-state index contributed by atoms with van der Waals surface area (Å²) in [5.41, 5.74) is 3.57. The van der Waals surface area contributed by atoms with Gasteiger partial charge in [0.2, 0.25) is 5.88 Å². The van der Waals surface area contributed by atoms with Crippen molar-refractivity contribution in [3.05, 3.63) is 82.0 Å². The molecular formula is C23H17N3O6S. The van der Waals surface area contributed by atoms with E-state index in [1.165, 1.54) is 10.9 Å². The van der Waals surface area contributed by atoms with Gasteiger partial charge in [0.15, 0.2) is 5.78 Å². The second kappa shape index (κ2) is 7.82. The van der Waals surface area contributed by atoms with Crippen molar-refractivity contribution in [3.8, 4) is 5.88 Å². The Hall–Kier alpha value is -4.05. The quantitative estimate of drug-likeness (QED) is 0.330. The Bertz CT molecular complexity index is 1490. The van der Waals surface area contributed by atoms with E-state index in [1.54, 1.807) is 49.5 Å². The molecule has 0 radical (unpaired) electrons. The summed E-state index contributed by atoms with van der Waals surface area (Å²) >= 11 is 0. The maximum absolute atomic E-state index is 13.6. The number of hydrogen-bond acceptors (Lipinski definition) is 8. The minimum atomic E-state index is -2.55. The Labute approximate surface area is 189 Å². The number of nitrogens with zero attached hydrogens (tertiary/aromatic N) is 3. The molecule has 5 rings (SSSR count). The minimum Gasteiger partial charge on any atom is -0.403 e. The van der Waals surface area contributed by atoms with Gasteiger partial charge in [-0.25, -0.2) is 9.48 Å². The summed E-state index contributed by atoms with van der Waals surface area (Å²) in [7, 11) is -0.976. The van der Waals surface area contributed by atoms with Crippen LogP contribution in [-0.4, -0.2) is 40.7 Å². The van der Waals surface area contributed by atoms with Crippen LogP contribution in [-0.2, 0) is 28.6 Å². The van der Waals surface area contributed by atoms with Gasteiger partial charge in [0.25, 0.3) is 15.3 Å². The highest BCUT2D eigenvalue weighted by atomic mass is 32.2. The van der Waals surface area contributed by atoms with Crippen LogP contribution in [0.2, 0.25) is 0 Å². The van der Waals surface area contributed by atoms with Crippen molar-refractivity contribution in [2.24, 2.45) is 18.1 Å². The van der Waals surface area contributed by atoms with Crippen LogP contribution in [0, 0.1) is 12.8 Å². The SMILES string of the molecule is Cc1ccc(C(=O)c2cnn(C)c2OC(=O)c2ccccc2)c2c1C1=NOC(=S(=O)=O)C1C2. The third-order valence-electron chi connectivity index (χ3n) is 5.77. The molecule has 2 aliphatic rings. The molecule has 9 nitrogen and oxygen atoms in total. The summed E-state index contributed by atoms with van der Waals surface area (Å²) in [6.07, 6.45) is 1.61. The number of aryl methyl sites for hydroxylation is 2. The molecular weight excluding hydrogens is 446 g/mol. The zero-order chi connectivity index (χ0) is 23.3. The van der Waals surface area contributed by atoms with Gasteiger partial charge in [0, 0.05) is 18.2 Å². The summed E-state index contributed by atoms with van der Waals surface area (Å²) in [6, 6.07) is 11.9. The number of carbonyl (C=O) groups excluding carboxylic acids is 2. The zero-order valence-corrected chi connectivity index (χ0v) is 18.4. The Kier molecular flexibility index (Phi) is 4.94. The molecule has 0 amide bonds. The van der Waals surface area contributed by atoms with E-state index in [9.17, 15) is 18.0 Å². The molecule has 2 aromatic carbocycles.